The average molecular weight is 218 g/mol. The van der Waals surface area contributed by atoms with Crippen molar-refractivity contribution < 1.29 is 19.5 Å². The van der Waals surface area contributed by atoms with Crippen molar-refractivity contribution in [2.75, 3.05) is 0 Å². The first-order chi connectivity index (χ1) is 6.93. The molecule has 0 aliphatic rings. The molecule has 0 heterocycles. The van der Waals surface area contributed by atoms with Crippen LogP contribution in [0.15, 0.2) is 0 Å². The number of rotatable bonds is 5. The lowest BCUT2D eigenvalue weighted by atomic mass is 10.2. The highest BCUT2D eigenvalue weighted by atomic mass is 16.4. The topological polar surface area (TPSA) is 109 Å². The van der Waals surface area contributed by atoms with Gasteiger partial charge in [0.25, 0.3) is 0 Å². The zero-order valence-corrected chi connectivity index (χ0v) is 9.24. The molecule has 0 saturated heterocycles. The number of nitrogens with one attached hydrogen (secondary N) is 1. The van der Waals surface area contributed by atoms with Crippen molar-refractivity contribution in [2.24, 2.45) is 5.73 Å². The van der Waals surface area contributed by atoms with E-state index in [1.165, 1.54) is 6.92 Å². The molecule has 88 valence electrons. The molecule has 0 aliphatic heterocycles. The van der Waals surface area contributed by atoms with Gasteiger partial charge < -0.3 is 16.2 Å². The quantitative estimate of drug-likeness (QED) is 0.596. The average Bonchev–Trinajstić information content (AvgIpc) is 2.17. The van der Waals surface area contributed by atoms with E-state index in [9.17, 15) is 14.4 Å². The standard InChI is InChI=1S/C7H12N2O4.C2H6/c1-4(7(8)13)9-5(10)2-3-6(11)12;1-2/h4H,2-3H2,1H3,(H2,8,13)(H,9,10)(H,11,12);1-2H3/t4-;/m0./s1. The molecule has 0 aromatic rings. The van der Waals surface area contributed by atoms with Crippen LogP contribution in [0.3, 0.4) is 0 Å². The monoisotopic (exact) mass is 218 g/mol. The zero-order valence-electron chi connectivity index (χ0n) is 9.24. The fourth-order valence-corrected chi connectivity index (χ4v) is 0.605. The number of hydrogen-bond acceptors (Lipinski definition) is 3. The van der Waals surface area contributed by atoms with Gasteiger partial charge in [-0.3, -0.25) is 14.4 Å². The van der Waals surface area contributed by atoms with Gasteiger partial charge in [0.15, 0.2) is 0 Å². The first-order valence-corrected chi connectivity index (χ1v) is 4.74. The summed E-state index contributed by atoms with van der Waals surface area (Å²) in [5.74, 6) is -2.20. The first kappa shape index (κ1) is 15.9. The second-order valence-electron chi connectivity index (χ2n) is 2.59. The first-order valence-electron chi connectivity index (χ1n) is 4.74. The summed E-state index contributed by atoms with van der Waals surface area (Å²) in [6.07, 6.45) is -0.399. The molecule has 6 heteroatoms. The minimum absolute atomic E-state index is 0.146. The van der Waals surface area contributed by atoms with Crippen LogP contribution in [0.1, 0.15) is 33.6 Å². The van der Waals surface area contributed by atoms with Gasteiger partial charge in [-0.25, -0.2) is 0 Å². The molecular weight excluding hydrogens is 200 g/mol. The minimum Gasteiger partial charge on any atom is -0.481 e. The van der Waals surface area contributed by atoms with Gasteiger partial charge in [-0.05, 0) is 6.92 Å². The Labute approximate surface area is 88.8 Å². The van der Waals surface area contributed by atoms with Crippen molar-refractivity contribution in [3.63, 3.8) is 0 Å². The van der Waals surface area contributed by atoms with E-state index >= 15 is 0 Å². The number of hydrogen-bond donors (Lipinski definition) is 3. The van der Waals surface area contributed by atoms with Crippen molar-refractivity contribution in [3.05, 3.63) is 0 Å². The lowest BCUT2D eigenvalue weighted by Gasteiger charge is -2.08. The van der Waals surface area contributed by atoms with E-state index in [0.717, 1.165) is 0 Å². The van der Waals surface area contributed by atoms with Gasteiger partial charge in [0.05, 0.1) is 6.42 Å². The SMILES string of the molecule is CC.C[C@H](NC(=O)CCC(=O)O)C(N)=O. The van der Waals surface area contributed by atoms with Crippen LogP contribution in [0.2, 0.25) is 0 Å². The predicted molar refractivity (Wildman–Crippen MR) is 55.0 cm³/mol. The smallest absolute Gasteiger partial charge is 0.303 e. The molecule has 0 saturated carbocycles. The highest BCUT2D eigenvalue weighted by Gasteiger charge is 2.12. The molecule has 0 fully saturated rings. The van der Waals surface area contributed by atoms with Crippen LogP contribution in [-0.4, -0.2) is 28.9 Å². The van der Waals surface area contributed by atoms with E-state index in [2.05, 4.69) is 5.32 Å². The highest BCUT2D eigenvalue weighted by Crippen LogP contribution is 1.90. The van der Waals surface area contributed by atoms with Crippen LogP contribution in [-0.2, 0) is 14.4 Å². The molecule has 6 nitrogen and oxygen atoms in total. The molecular formula is C9H18N2O4. The molecule has 1 atom stereocenters. The van der Waals surface area contributed by atoms with E-state index in [4.69, 9.17) is 10.8 Å². The van der Waals surface area contributed by atoms with Crippen LogP contribution in [0.5, 0.6) is 0 Å². The Kier molecular flexibility index (Phi) is 9.50. The summed E-state index contributed by atoms with van der Waals surface area (Å²) in [5.41, 5.74) is 4.87. The number of carbonyl (C=O) groups excluding carboxylic acids is 2. The summed E-state index contributed by atoms with van der Waals surface area (Å²) in [6.45, 7) is 5.43. The summed E-state index contributed by atoms with van der Waals surface area (Å²) in [4.78, 5) is 31.4. The lowest BCUT2D eigenvalue weighted by Crippen LogP contribution is -2.42. The molecule has 0 spiro atoms. The van der Waals surface area contributed by atoms with Gasteiger partial charge in [-0.15, -0.1) is 0 Å². The normalized spacial score (nSPS) is 10.6. The molecule has 4 N–H and O–H groups in total. The maximum Gasteiger partial charge on any atom is 0.303 e. The minimum atomic E-state index is -1.05. The van der Waals surface area contributed by atoms with Crippen LogP contribution in [0, 0.1) is 0 Å². The van der Waals surface area contributed by atoms with Crippen LogP contribution in [0.4, 0.5) is 0 Å². The molecule has 15 heavy (non-hydrogen) atoms. The van der Waals surface area contributed by atoms with E-state index < -0.39 is 23.8 Å². The lowest BCUT2D eigenvalue weighted by molar-refractivity contribution is -0.139. The Bertz CT molecular complexity index is 228. The molecule has 0 aromatic carbocycles. The van der Waals surface area contributed by atoms with Gasteiger partial charge in [-0.2, -0.15) is 0 Å². The van der Waals surface area contributed by atoms with Crippen molar-refractivity contribution in [2.45, 2.75) is 39.7 Å². The van der Waals surface area contributed by atoms with E-state index in [0.29, 0.717) is 0 Å². The highest BCUT2D eigenvalue weighted by molar-refractivity contribution is 5.87. The number of carboxylic acid groups (broad SMARTS) is 1. The molecule has 0 unspecified atom stereocenters. The van der Waals surface area contributed by atoms with Crippen LogP contribution >= 0.6 is 0 Å². The number of carboxylic acids is 1. The Hall–Kier alpha value is -1.59. The Balaban J connectivity index is 0. The third-order valence-corrected chi connectivity index (χ3v) is 1.37. The number of nitrogens with two attached hydrogens (primary N) is 1. The second kappa shape index (κ2) is 8.98. The Morgan fingerprint density at radius 1 is 1.27 bits per heavy atom. The third-order valence-electron chi connectivity index (χ3n) is 1.37. The fraction of sp³-hybridized carbons (Fsp3) is 0.667. The third kappa shape index (κ3) is 10.3. The van der Waals surface area contributed by atoms with Crippen molar-refractivity contribution in [3.8, 4) is 0 Å². The summed E-state index contributed by atoms with van der Waals surface area (Å²) in [5, 5.41) is 10.5. The number of aliphatic carboxylic acids is 1. The Morgan fingerprint density at radius 3 is 2.07 bits per heavy atom. The summed E-state index contributed by atoms with van der Waals surface area (Å²) in [6, 6.07) is -0.763. The number of amides is 2. The zero-order chi connectivity index (χ0) is 12.4. The van der Waals surface area contributed by atoms with Crippen molar-refractivity contribution in [1.82, 2.24) is 5.32 Å². The Morgan fingerprint density at radius 2 is 1.73 bits per heavy atom. The molecule has 0 aromatic heterocycles. The van der Waals surface area contributed by atoms with Crippen molar-refractivity contribution in [1.29, 1.82) is 0 Å². The van der Waals surface area contributed by atoms with Gasteiger partial charge in [0.2, 0.25) is 11.8 Å². The summed E-state index contributed by atoms with van der Waals surface area (Å²) < 4.78 is 0. The van der Waals surface area contributed by atoms with Gasteiger partial charge >= 0.3 is 5.97 Å². The van der Waals surface area contributed by atoms with Gasteiger partial charge in [0.1, 0.15) is 6.04 Å². The maximum absolute atomic E-state index is 10.9. The molecule has 0 radical (unpaired) electrons. The second-order valence-corrected chi connectivity index (χ2v) is 2.59. The summed E-state index contributed by atoms with van der Waals surface area (Å²) >= 11 is 0. The molecule has 0 aliphatic carbocycles. The predicted octanol–water partition coefficient (Wildman–Crippen LogP) is -0.133. The van der Waals surface area contributed by atoms with E-state index in [-0.39, 0.29) is 12.8 Å². The van der Waals surface area contributed by atoms with Crippen molar-refractivity contribution >= 4 is 17.8 Å². The van der Waals surface area contributed by atoms with Gasteiger partial charge in [-0.1, -0.05) is 13.8 Å². The number of carbonyl (C=O) groups is 3. The maximum atomic E-state index is 10.9. The molecule has 2 amide bonds. The molecule has 0 bridgehead atoms. The number of primary amides is 1. The largest absolute Gasteiger partial charge is 0.481 e. The fourth-order valence-electron chi connectivity index (χ4n) is 0.605. The van der Waals surface area contributed by atoms with E-state index in [1.54, 1.807) is 0 Å². The van der Waals surface area contributed by atoms with Gasteiger partial charge in [0, 0.05) is 6.42 Å². The molecule has 0 rings (SSSR count). The van der Waals surface area contributed by atoms with Crippen LogP contribution < -0.4 is 11.1 Å². The van der Waals surface area contributed by atoms with E-state index in [1.807, 2.05) is 13.8 Å². The summed E-state index contributed by atoms with van der Waals surface area (Å²) in [7, 11) is 0. The van der Waals surface area contributed by atoms with Crippen LogP contribution in [0.25, 0.3) is 0 Å².